The molecule has 0 bridgehead atoms. The van der Waals surface area contributed by atoms with E-state index in [0.717, 1.165) is 13.0 Å². The van der Waals surface area contributed by atoms with Crippen molar-refractivity contribution in [2.45, 2.75) is 44.8 Å². The highest BCUT2D eigenvalue weighted by atomic mass is 19.1. The molecule has 1 aliphatic heterocycles. The second kappa shape index (κ2) is 5.81. The Bertz CT molecular complexity index is 367. The third-order valence-corrected chi connectivity index (χ3v) is 3.86. The van der Waals surface area contributed by atoms with Gasteiger partial charge in [-0.3, -0.25) is 0 Å². The van der Waals surface area contributed by atoms with Crippen LogP contribution in [0.1, 0.15) is 25.8 Å². The zero-order valence-electron chi connectivity index (χ0n) is 11.5. The molecule has 1 heterocycles. The maximum Gasteiger partial charge on any atom is 0.123 e. The minimum absolute atomic E-state index is 0.161. The smallest absolute Gasteiger partial charge is 0.123 e. The molecular weight excluding hydrogens is 227 g/mol. The summed E-state index contributed by atoms with van der Waals surface area (Å²) in [5.41, 5.74) is 1.19. The fraction of sp³-hybridized carbons (Fsp3) is 0.600. The Morgan fingerprint density at radius 1 is 1.39 bits per heavy atom. The van der Waals surface area contributed by atoms with Crippen molar-refractivity contribution in [2.24, 2.45) is 0 Å². The van der Waals surface area contributed by atoms with Crippen LogP contribution >= 0.6 is 0 Å². The normalized spacial score (nSPS) is 26.4. The van der Waals surface area contributed by atoms with E-state index in [-0.39, 0.29) is 5.82 Å². The van der Waals surface area contributed by atoms with E-state index < -0.39 is 0 Å². The van der Waals surface area contributed by atoms with Crippen LogP contribution in [0, 0.1) is 5.82 Å². The summed E-state index contributed by atoms with van der Waals surface area (Å²) in [6.45, 7) is 5.59. The molecule has 3 heteroatoms. The molecule has 0 aliphatic carbocycles. The Balaban J connectivity index is 1.82. The van der Waals surface area contributed by atoms with E-state index in [1.165, 1.54) is 24.1 Å². The number of rotatable bonds is 4. The quantitative estimate of drug-likeness (QED) is 0.883. The Labute approximate surface area is 109 Å². The van der Waals surface area contributed by atoms with Crippen molar-refractivity contribution in [2.75, 3.05) is 13.6 Å². The number of nitrogens with one attached hydrogen (secondary N) is 1. The van der Waals surface area contributed by atoms with Crippen molar-refractivity contribution >= 4 is 0 Å². The van der Waals surface area contributed by atoms with Crippen molar-refractivity contribution in [3.63, 3.8) is 0 Å². The maximum absolute atomic E-state index is 12.8. The van der Waals surface area contributed by atoms with Crippen LogP contribution in [0.25, 0.3) is 0 Å². The highest BCUT2D eigenvalue weighted by Crippen LogP contribution is 2.16. The van der Waals surface area contributed by atoms with Gasteiger partial charge in [-0.05, 0) is 51.4 Å². The van der Waals surface area contributed by atoms with Gasteiger partial charge in [0.05, 0.1) is 0 Å². The third-order valence-electron chi connectivity index (χ3n) is 3.86. The SMILES string of the molecule is CC(Cc1ccc(F)cc1)NC1CC(C)N(C)C1. The summed E-state index contributed by atoms with van der Waals surface area (Å²) in [7, 11) is 2.18. The Morgan fingerprint density at radius 3 is 2.61 bits per heavy atom. The Kier molecular flexibility index (Phi) is 4.36. The summed E-state index contributed by atoms with van der Waals surface area (Å²) in [4.78, 5) is 2.39. The van der Waals surface area contributed by atoms with Crippen LogP contribution in [-0.2, 0) is 6.42 Å². The van der Waals surface area contributed by atoms with E-state index in [1.807, 2.05) is 12.1 Å². The van der Waals surface area contributed by atoms with Gasteiger partial charge in [0.2, 0.25) is 0 Å². The predicted octanol–water partition coefficient (Wildman–Crippen LogP) is 2.44. The first-order valence-corrected chi connectivity index (χ1v) is 6.75. The van der Waals surface area contributed by atoms with Crippen LogP contribution < -0.4 is 5.32 Å². The first kappa shape index (κ1) is 13.5. The van der Waals surface area contributed by atoms with Gasteiger partial charge >= 0.3 is 0 Å². The minimum atomic E-state index is -0.161. The fourth-order valence-electron chi connectivity index (χ4n) is 2.75. The van der Waals surface area contributed by atoms with Crippen molar-refractivity contribution in [1.82, 2.24) is 10.2 Å². The molecule has 0 saturated carbocycles. The van der Waals surface area contributed by atoms with Gasteiger partial charge < -0.3 is 10.2 Å². The minimum Gasteiger partial charge on any atom is -0.310 e. The second-order valence-corrected chi connectivity index (χ2v) is 5.62. The number of hydrogen-bond donors (Lipinski definition) is 1. The lowest BCUT2D eigenvalue weighted by Crippen LogP contribution is -2.39. The van der Waals surface area contributed by atoms with Crippen LogP contribution in [0.15, 0.2) is 24.3 Å². The summed E-state index contributed by atoms with van der Waals surface area (Å²) in [6, 6.07) is 8.49. The lowest BCUT2D eigenvalue weighted by Gasteiger charge is -2.19. The number of benzene rings is 1. The molecule has 1 fully saturated rings. The maximum atomic E-state index is 12.8. The van der Waals surface area contributed by atoms with Crippen molar-refractivity contribution < 1.29 is 4.39 Å². The summed E-state index contributed by atoms with van der Waals surface area (Å²) in [5, 5.41) is 3.67. The molecule has 18 heavy (non-hydrogen) atoms. The molecule has 1 N–H and O–H groups in total. The summed E-state index contributed by atoms with van der Waals surface area (Å²) in [5.74, 6) is -0.161. The van der Waals surface area contributed by atoms with Gasteiger partial charge in [0.15, 0.2) is 0 Å². The highest BCUT2D eigenvalue weighted by Gasteiger charge is 2.26. The molecule has 1 aliphatic rings. The Hall–Kier alpha value is -0.930. The van der Waals surface area contributed by atoms with E-state index in [9.17, 15) is 4.39 Å². The molecule has 0 radical (unpaired) electrons. The van der Waals surface area contributed by atoms with Gasteiger partial charge in [0.1, 0.15) is 5.82 Å². The average Bonchev–Trinajstić information content (AvgIpc) is 2.61. The number of likely N-dealkylation sites (N-methyl/N-ethyl adjacent to an activating group) is 1. The largest absolute Gasteiger partial charge is 0.310 e. The molecular formula is C15H23FN2. The molecule has 2 nitrogen and oxygen atoms in total. The van der Waals surface area contributed by atoms with Crippen molar-refractivity contribution in [1.29, 1.82) is 0 Å². The lowest BCUT2D eigenvalue weighted by atomic mass is 10.1. The number of nitrogens with zero attached hydrogens (tertiary/aromatic N) is 1. The molecule has 0 aromatic heterocycles. The van der Waals surface area contributed by atoms with Crippen molar-refractivity contribution in [3.05, 3.63) is 35.6 Å². The van der Waals surface area contributed by atoms with Gasteiger partial charge in [-0.2, -0.15) is 0 Å². The first-order chi connectivity index (χ1) is 8.54. The predicted molar refractivity (Wildman–Crippen MR) is 73.2 cm³/mol. The topological polar surface area (TPSA) is 15.3 Å². The van der Waals surface area contributed by atoms with Gasteiger partial charge in [-0.25, -0.2) is 4.39 Å². The molecule has 1 aromatic carbocycles. The summed E-state index contributed by atoms with van der Waals surface area (Å²) >= 11 is 0. The standard InChI is InChI=1S/C15H23FN2/c1-11(8-13-4-6-14(16)7-5-13)17-15-9-12(2)18(3)10-15/h4-7,11-12,15,17H,8-10H2,1-3H3. The average molecular weight is 250 g/mol. The second-order valence-electron chi connectivity index (χ2n) is 5.62. The number of likely N-dealkylation sites (tertiary alicyclic amines) is 1. The van der Waals surface area contributed by atoms with Crippen LogP contribution in [-0.4, -0.2) is 36.6 Å². The number of hydrogen-bond acceptors (Lipinski definition) is 2. The molecule has 3 unspecified atom stereocenters. The van der Waals surface area contributed by atoms with Crippen LogP contribution in [0.2, 0.25) is 0 Å². The zero-order chi connectivity index (χ0) is 13.1. The van der Waals surface area contributed by atoms with Gasteiger partial charge in [0, 0.05) is 24.7 Å². The van der Waals surface area contributed by atoms with E-state index in [2.05, 4.69) is 31.1 Å². The summed E-state index contributed by atoms with van der Waals surface area (Å²) in [6.07, 6.45) is 2.17. The van der Waals surface area contributed by atoms with E-state index in [1.54, 1.807) is 0 Å². The van der Waals surface area contributed by atoms with Crippen LogP contribution in [0.5, 0.6) is 0 Å². The highest BCUT2D eigenvalue weighted by molar-refractivity contribution is 5.17. The monoisotopic (exact) mass is 250 g/mol. The zero-order valence-corrected chi connectivity index (χ0v) is 11.5. The van der Waals surface area contributed by atoms with E-state index in [0.29, 0.717) is 18.1 Å². The molecule has 2 rings (SSSR count). The summed E-state index contributed by atoms with van der Waals surface area (Å²) < 4.78 is 12.8. The fourth-order valence-corrected chi connectivity index (χ4v) is 2.75. The van der Waals surface area contributed by atoms with Crippen LogP contribution in [0.3, 0.4) is 0 Å². The first-order valence-electron chi connectivity index (χ1n) is 6.75. The molecule has 3 atom stereocenters. The van der Waals surface area contributed by atoms with Gasteiger partial charge in [-0.15, -0.1) is 0 Å². The van der Waals surface area contributed by atoms with E-state index >= 15 is 0 Å². The molecule has 100 valence electrons. The van der Waals surface area contributed by atoms with Gasteiger partial charge in [-0.1, -0.05) is 12.1 Å². The van der Waals surface area contributed by atoms with Crippen LogP contribution in [0.4, 0.5) is 4.39 Å². The van der Waals surface area contributed by atoms with Gasteiger partial charge in [0.25, 0.3) is 0 Å². The molecule has 0 amide bonds. The lowest BCUT2D eigenvalue weighted by molar-refractivity contribution is 0.324. The van der Waals surface area contributed by atoms with Crippen molar-refractivity contribution in [3.8, 4) is 0 Å². The molecule has 1 saturated heterocycles. The third kappa shape index (κ3) is 3.53. The number of halogens is 1. The van der Waals surface area contributed by atoms with E-state index in [4.69, 9.17) is 0 Å². The molecule has 1 aromatic rings. The molecule has 0 spiro atoms. The Morgan fingerprint density at radius 2 is 2.06 bits per heavy atom.